The number of nitrogens with one attached hydrogen (secondary N) is 1. The van der Waals surface area contributed by atoms with E-state index in [1.807, 2.05) is 4.90 Å². The number of amides is 1. The van der Waals surface area contributed by atoms with Gasteiger partial charge in [0, 0.05) is 31.3 Å². The molecule has 126 valence electrons. The minimum Gasteiger partial charge on any atom is -0.333 e. The number of nitrogens with zero attached hydrogens (tertiary/aromatic N) is 3. The highest BCUT2D eigenvalue weighted by molar-refractivity contribution is 5.77. The van der Waals surface area contributed by atoms with Crippen molar-refractivity contribution < 1.29 is 4.79 Å². The molecule has 0 bridgehead atoms. The molecule has 1 aromatic heterocycles. The minimum atomic E-state index is -0.155. The maximum absolute atomic E-state index is 12.7. The molecule has 0 spiro atoms. The van der Waals surface area contributed by atoms with E-state index in [0.29, 0.717) is 18.3 Å². The molecular formula is C17H26N4O2. The molecule has 0 saturated carbocycles. The number of carbonyl (C=O) groups is 1. The van der Waals surface area contributed by atoms with Crippen LogP contribution in [0.5, 0.6) is 0 Å². The molecule has 2 saturated heterocycles. The number of rotatable bonds is 4. The summed E-state index contributed by atoms with van der Waals surface area (Å²) in [4.78, 5) is 35.5. The van der Waals surface area contributed by atoms with Crippen LogP contribution in [0.2, 0.25) is 0 Å². The molecule has 1 N–H and O–H groups in total. The van der Waals surface area contributed by atoms with Gasteiger partial charge in [0.15, 0.2) is 0 Å². The van der Waals surface area contributed by atoms with E-state index < -0.39 is 0 Å². The van der Waals surface area contributed by atoms with Gasteiger partial charge in [-0.25, -0.2) is 4.98 Å². The van der Waals surface area contributed by atoms with Crippen molar-refractivity contribution in [1.29, 1.82) is 0 Å². The zero-order valence-electron chi connectivity index (χ0n) is 13.8. The Labute approximate surface area is 136 Å². The van der Waals surface area contributed by atoms with Gasteiger partial charge in [-0.3, -0.25) is 9.59 Å². The van der Waals surface area contributed by atoms with Crippen LogP contribution in [-0.4, -0.2) is 51.9 Å². The van der Waals surface area contributed by atoms with Gasteiger partial charge in [-0.2, -0.15) is 0 Å². The molecule has 2 atom stereocenters. The third kappa shape index (κ3) is 3.80. The van der Waals surface area contributed by atoms with Crippen molar-refractivity contribution in [3.63, 3.8) is 0 Å². The van der Waals surface area contributed by atoms with Gasteiger partial charge in [-0.05, 0) is 45.7 Å². The molecule has 2 aliphatic heterocycles. The topological polar surface area (TPSA) is 69.3 Å². The van der Waals surface area contributed by atoms with Crippen LogP contribution in [0.25, 0.3) is 0 Å². The lowest BCUT2D eigenvalue weighted by Crippen LogP contribution is -2.38. The normalized spacial score (nSPS) is 25.7. The minimum absolute atomic E-state index is 0.0690. The summed E-state index contributed by atoms with van der Waals surface area (Å²) >= 11 is 0. The second kappa shape index (κ2) is 7.25. The highest BCUT2D eigenvalue weighted by Crippen LogP contribution is 2.30. The number of likely N-dealkylation sites (tertiary alicyclic amines) is 2. The van der Waals surface area contributed by atoms with Gasteiger partial charge in [0.1, 0.15) is 5.82 Å². The van der Waals surface area contributed by atoms with E-state index in [1.54, 1.807) is 0 Å². The third-order valence-corrected chi connectivity index (χ3v) is 5.19. The van der Waals surface area contributed by atoms with E-state index in [0.717, 1.165) is 32.4 Å². The molecule has 1 aromatic rings. The zero-order valence-corrected chi connectivity index (χ0v) is 13.8. The number of aromatic nitrogens is 2. The van der Waals surface area contributed by atoms with Crippen molar-refractivity contribution in [2.24, 2.45) is 0 Å². The first-order chi connectivity index (χ1) is 11.1. The van der Waals surface area contributed by atoms with Gasteiger partial charge >= 0.3 is 0 Å². The summed E-state index contributed by atoms with van der Waals surface area (Å²) in [5.41, 5.74) is -0.155. The fourth-order valence-electron chi connectivity index (χ4n) is 3.85. The molecule has 6 nitrogen and oxygen atoms in total. The van der Waals surface area contributed by atoms with Crippen LogP contribution >= 0.6 is 0 Å². The maximum atomic E-state index is 12.7. The van der Waals surface area contributed by atoms with Crippen molar-refractivity contribution in [3.05, 3.63) is 28.4 Å². The lowest BCUT2D eigenvalue weighted by molar-refractivity contribution is -0.132. The van der Waals surface area contributed by atoms with Crippen LogP contribution in [0.15, 0.2) is 17.1 Å². The molecule has 2 fully saturated rings. The van der Waals surface area contributed by atoms with Crippen LogP contribution in [0.3, 0.4) is 0 Å². The highest BCUT2D eigenvalue weighted by Gasteiger charge is 2.32. The number of H-pyrrole nitrogens is 1. The predicted molar refractivity (Wildman–Crippen MR) is 88.0 cm³/mol. The second-order valence-corrected chi connectivity index (χ2v) is 6.73. The highest BCUT2D eigenvalue weighted by atomic mass is 16.2. The number of piperidine rings is 1. The first-order valence-corrected chi connectivity index (χ1v) is 8.70. The van der Waals surface area contributed by atoms with Crippen LogP contribution in [0.1, 0.15) is 56.8 Å². The van der Waals surface area contributed by atoms with E-state index in [-0.39, 0.29) is 17.5 Å². The molecule has 6 heteroatoms. The first-order valence-electron chi connectivity index (χ1n) is 8.70. The number of aromatic amines is 1. The Bertz CT molecular complexity index is 600. The fourth-order valence-corrected chi connectivity index (χ4v) is 3.85. The summed E-state index contributed by atoms with van der Waals surface area (Å²) < 4.78 is 0. The zero-order chi connectivity index (χ0) is 16.2. The molecule has 0 aromatic carbocycles. The number of hydrogen-bond acceptors (Lipinski definition) is 4. The van der Waals surface area contributed by atoms with Crippen LogP contribution in [0, 0.1) is 0 Å². The number of hydrogen-bond donors (Lipinski definition) is 1. The van der Waals surface area contributed by atoms with E-state index in [1.165, 1.54) is 31.5 Å². The van der Waals surface area contributed by atoms with E-state index in [4.69, 9.17) is 0 Å². The van der Waals surface area contributed by atoms with Crippen LogP contribution in [0.4, 0.5) is 0 Å². The first kappa shape index (κ1) is 16.2. The van der Waals surface area contributed by atoms with Crippen molar-refractivity contribution in [1.82, 2.24) is 19.8 Å². The summed E-state index contributed by atoms with van der Waals surface area (Å²) in [5.74, 6) is 0.816. The Morgan fingerprint density at radius 3 is 2.96 bits per heavy atom. The molecule has 23 heavy (non-hydrogen) atoms. The summed E-state index contributed by atoms with van der Waals surface area (Å²) in [6, 6.07) is 1.87. The van der Waals surface area contributed by atoms with Crippen molar-refractivity contribution in [3.8, 4) is 0 Å². The van der Waals surface area contributed by atoms with Gasteiger partial charge in [0.25, 0.3) is 5.56 Å². The van der Waals surface area contributed by atoms with Gasteiger partial charge in [0.2, 0.25) is 5.91 Å². The largest absolute Gasteiger partial charge is 0.333 e. The second-order valence-electron chi connectivity index (χ2n) is 6.73. The maximum Gasteiger partial charge on any atom is 0.250 e. The molecule has 1 amide bonds. The van der Waals surface area contributed by atoms with Crippen molar-refractivity contribution >= 4 is 5.91 Å². The molecule has 0 aliphatic carbocycles. The molecule has 3 rings (SSSR count). The van der Waals surface area contributed by atoms with Crippen molar-refractivity contribution in [2.45, 2.75) is 57.0 Å². The molecule has 3 heterocycles. The third-order valence-electron chi connectivity index (χ3n) is 5.19. The summed E-state index contributed by atoms with van der Waals surface area (Å²) in [6.07, 6.45) is 8.61. The summed E-state index contributed by atoms with van der Waals surface area (Å²) in [5, 5.41) is 0. The van der Waals surface area contributed by atoms with Crippen LogP contribution < -0.4 is 5.56 Å². The SMILES string of the molecule is CN1CCCCC1CCC(=O)N1CCCC1c1nccc(=O)[nH]1. The molecule has 2 unspecified atom stereocenters. The number of carbonyl (C=O) groups excluding carboxylic acids is 1. The van der Waals surface area contributed by atoms with Gasteiger partial charge < -0.3 is 14.8 Å². The van der Waals surface area contributed by atoms with E-state index in [9.17, 15) is 9.59 Å². The van der Waals surface area contributed by atoms with Crippen molar-refractivity contribution in [2.75, 3.05) is 20.1 Å². The standard InChI is InChI=1S/C17H26N4O2/c1-20-11-3-2-5-13(20)7-8-16(23)21-12-4-6-14(21)17-18-10-9-15(22)19-17/h9-10,13-14H,2-8,11-12H2,1H3,(H,18,19,22). The van der Waals surface area contributed by atoms with E-state index >= 15 is 0 Å². The predicted octanol–water partition coefficient (Wildman–Crippen LogP) is 1.70. The fraction of sp³-hybridized carbons (Fsp3) is 0.706. The van der Waals surface area contributed by atoms with Gasteiger partial charge in [-0.15, -0.1) is 0 Å². The lowest BCUT2D eigenvalue weighted by atomic mass is 9.98. The Hall–Kier alpha value is -1.69. The Morgan fingerprint density at radius 2 is 2.17 bits per heavy atom. The summed E-state index contributed by atoms with van der Waals surface area (Å²) in [7, 11) is 2.16. The van der Waals surface area contributed by atoms with Gasteiger partial charge in [-0.1, -0.05) is 6.42 Å². The van der Waals surface area contributed by atoms with Crippen LogP contribution in [-0.2, 0) is 4.79 Å². The smallest absolute Gasteiger partial charge is 0.250 e. The summed E-state index contributed by atoms with van der Waals surface area (Å²) in [6.45, 7) is 1.91. The monoisotopic (exact) mass is 318 g/mol. The molecular weight excluding hydrogens is 292 g/mol. The molecule has 2 aliphatic rings. The van der Waals surface area contributed by atoms with E-state index in [2.05, 4.69) is 21.9 Å². The quantitative estimate of drug-likeness (QED) is 0.917. The molecule has 0 radical (unpaired) electrons. The Balaban J connectivity index is 1.60. The van der Waals surface area contributed by atoms with Gasteiger partial charge in [0.05, 0.1) is 6.04 Å². The Morgan fingerprint density at radius 1 is 1.30 bits per heavy atom. The average molecular weight is 318 g/mol. The average Bonchev–Trinajstić information content (AvgIpc) is 3.03. The lowest BCUT2D eigenvalue weighted by Gasteiger charge is -2.33. The Kier molecular flexibility index (Phi) is 5.10.